The van der Waals surface area contributed by atoms with E-state index in [1.807, 2.05) is 24.3 Å². The van der Waals surface area contributed by atoms with Gasteiger partial charge in [-0.15, -0.1) is 0 Å². The van der Waals surface area contributed by atoms with Crippen LogP contribution in [0.15, 0.2) is 24.3 Å². The maximum atomic E-state index is 12.2. The first-order valence-electron chi connectivity index (χ1n) is 7.78. The van der Waals surface area contributed by atoms with Crippen molar-refractivity contribution >= 4 is 27.9 Å². The molecule has 0 N–H and O–H groups in total. The first-order chi connectivity index (χ1) is 10.6. The van der Waals surface area contributed by atoms with Crippen LogP contribution in [0.1, 0.15) is 45.7 Å². The molecule has 0 bridgehead atoms. The van der Waals surface area contributed by atoms with Gasteiger partial charge in [0.1, 0.15) is 0 Å². The first kappa shape index (κ1) is 19.7. The summed E-state index contributed by atoms with van der Waals surface area (Å²) in [5.41, 5.74) is 2.09. The molecule has 5 heteroatoms. The Morgan fingerprint density at radius 2 is 1.39 bits per heavy atom. The second-order valence-electron chi connectivity index (χ2n) is 6.37. The third-order valence-corrected chi connectivity index (χ3v) is 4.39. The molecule has 0 aliphatic rings. The molecule has 0 spiro atoms. The lowest BCUT2D eigenvalue weighted by atomic mass is 9.86. The van der Waals surface area contributed by atoms with E-state index in [0.717, 1.165) is 5.56 Å². The number of benzene rings is 1. The van der Waals surface area contributed by atoms with Crippen LogP contribution in [0.5, 0.6) is 0 Å². The third kappa shape index (κ3) is 5.06. The minimum atomic E-state index is -1.51. The zero-order valence-electron chi connectivity index (χ0n) is 14.4. The fourth-order valence-corrected chi connectivity index (χ4v) is 2.68. The van der Waals surface area contributed by atoms with Crippen LogP contribution in [0.2, 0.25) is 0 Å². The van der Waals surface area contributed by atoms with Crippen molar-refractivity contribution in [1.29, 1.82) is 0 Å². The molecule has 1 aromatic carbocycles. The Hall–Kier alpha value is -1.36. The van der Waals surface area contributed by atoms with Gasteiger partial charge in [0.2, 0.25) is 4.32 Å². The SMILES string of the molecule is CCOC(=O)C(Br)(Cc1ccc(C(C)(C)C)cc1)C(=O)OCC. The van der Waals surface area contributed by atoms with Crippen molar-refractivity contribution in [2.75, 3.05) is 13.2 Å². The average molecular weight is 385 g/mol. The Labute approximate surface area is 146 Å². The summed E-state index contributed by atoms with van der Waals surface area (Å²) in [4.78, 5) is 24.5. The molecular weight excluding hydrogens is 360 g/mol. The van der Waals surface area contributed by atoms with E-state index in [2.05, 4.69) is 36.7 Å². The Morgan fingerprint density at radius 3 is 1.74 bits per heavy atom. The van der Waals surface area contributed by atoms with Crippen molar-refractivity contribution in [3.63, 3.8) is 0 Å². The number of carbonyl (C=O) groups excluding carboxylic acids is 2. The molecule has 0 aromatic heterocycles. The second-order valence-corrected chi connectivity index (χ2v) is 7.72. The lowest BCUT2D eigenvalue weighted by Crippen LogP contribution is -2.45. The van der Waals surface area contributed by atoms with E-state index in [4.69, 9.17) is 9.47 Å². The van der Waals surface area contributed by atoms with Crippen LogP contribution in [0.25, 0.3) is 0 Å². The van der Waals surface area contributed by atoms with Gasteiger partial charge in [-0.1, -0.05) is 61.0 Å². The van der Waals surface area contributed by atoms with Crippen LogP contribution in [-0.2, 0) is 30.9 Å². The predicted molar refractivity (Wildman–Crippen MR) is 93.8 cm³/mol. The molecule has 23 heavy (non-hydrogen) atoms. The first-order valence-corrected chi connectivity index (χ1v) is 8.57. The highest BCUT2D eigenvalue weighted by Gasteiger charge is 2.46. The van der Waals surface area contributed by atoms with Gasteiger partial charge in [0, 0.05) is 6.42 Å². The van der Waals surface area contributed by atoms with Gasteiger partial charge in [-0.2, -0.15) is 0 Å². The lowest BCUT2D eigenvalue weighted by molar-refractivity contribution is -0.158. The maximum Gasteiger partial charge on any atom is 0.334 e. The highest BCUT2D eigenvalue weighted by Crippen LogP contribution is 2.29. The zero-order chi connectivity index (χ0) is 17.7. The van der Waals surface area contributed by atoms with Gasteiger partial charge in [0.05, 0.1) is 13.2 Å². The molecule has 0 heterocycles. The van der Waals surface area contributed by atoms with E-state index in [1.54, 1.807) is 13.8 Å². The van der Waals surface area contributed by atoms with Gasteiger partial charge >= 0.3 is 11.9 Å². The largest absolute Gasteiger partial charge is 0.464 e. The smallest absolute Gasteiger partial charge is 0.334 e. The van der Waals surface area contributed by atoms with Gasteiger partial charge in [-0.3, -0.25) is 0 Å². The van der Waals surface area contributed by atoms with E-state index in [-0.39, 0.29) is 25.0 Å². The summed E-state index contributed by atoms with van der Waals surface area (Å²) in [6.45, 7) is 10.2. The van der Waals surface area contributed by atoms with Crippen molar-refractivity contribution in [2.24, 2.45) is 0 Å². The minimum Gasteiger partial charge on any atom is -0.464 e. The molecule has 0 atom stereocenters. The van der Waals surface area contributed by atoms with Gasteiger partial charge in [-0.05, 0) is 30.4 Å². The molecule has 0 fully saturated rings. The van der Waals surface area contributed by atoms with Crippen molar-refractivity contribution < 1.29 is 19.1 Å². The minimum absolute atomic E-state index is 0.0479. The third-order valence-electron chi connectivity index (χ3n) is 3.47. The molecule has 1 rings (SSSR count). The number of carbonyl (C=O) groups is 2. The Kier molecular flexibility index (Phi) is 6.81. The maximum absolute atomic E-state index is 12.2. The molecular formula is C18H25BrO4. The molecule has 0 saturated heterocycles. The normalized spacial score (nSPS) is 11.9. The molecule has 4 nitrogen and oxygen atoms in total. The fraction of sp³-hybridized carbons (Fsp3) is 0.556. The molecule has 128 valence electrons. The molecule has 0 radical (unpaired) electrons. The Balaban J connectivity index is 3.06. The van der Waals surface area contributed by atoms with Gasteiger partial charge in [0.25, 0.3) is 0 Å². The average Bonchev–Trinajstić information content (AvgIpc) is 2.47. The van der Waals surface area contributed by atoms with Crippen LogP contribution >= 0.6 is 15.9 Å². The van der Waals surface area contributed by atoms with Crippen LogP contribution in [-0.4, -0.2) is 29.5 Å². The number of rotatable bonds is 6. The summed E-state index contributed by atoms with van der Waals surface area (Å²) < 4.78 is 8.56. The van der Waals surface area contributed by atoms with Crippen molar-refractivity contribution in [1.82, 2.24) is 0 Å². The van der Waals surface area contributed by atoms with Gasteiger partial charge < -0.3 is 9.47 Å². The lowest BCUT2D eigenvalue weighted by Gasteiger charge is -2.24. The number of hydrogen-bond donors (Lipinski definition) is 0. The molecule has 0 saturated carbocycles. The van der Waals surface area contributed by atoms with Gasteiger partial charge in [0.15, 0.2) is 0 Å². The summed E-state index contributed by atoms with van der Waals surface area (Å²) in [5, 5.41) is 0. The summed E-state index contributed by atoms with van der Waals surface area (Å²) in [7, 11) is 0. The second kappa shape index (κ2) is 7.95. The molecule has 0 aliphatic carbocycles. The monoisotopic (exact) mass is 384 g/mol. The quantitative estimate of drug-likeness (QED) is 0.425. The van der Waals surface area contributed by atoms with E-state index in [0.29, 0.717) is 0 Å². The highest BCUT2D eigenvalue weighted by atomic mass is 79.9. The number of halogens is 1. The topological polar surface area (TPSA) is 52.6 Å². The van der Waals surface area contributed by atoms with Crippen LogP contribution < -0.4 is 0 Å². The van der Waals surface area contributed by atoms with Crippen molar-refractivity contribution in [2.45, 2.75) is 50.8 Å². The van der Waals surface area contributed by atoms with Crippen LogP contribution in [0.3, 0.4) is 0 Å². The number of hydrogen-bond acceptors (Lipinski definition) is 4. The summed E-state index contributed by atoms with van der Waals surface area (Å²) in [5.74, 6) is -1.25. The standard InChI is InChI=1S/C18H25BrO4/c1-6-22-15(20)18(19,16(21)23-7-2)12-13-8-10-14(11-9-13)17(3,4)5/h8-11H,6-7,12H2,1-5H3. The molecule has 0 amide bonds. The number of esters is 2. The molecule has 0 unspecified atom stereocenters. The summed E-state index contributed by atoms with van der Waals surface area (Å²) in [6, 6.07) is 7.88. The van der Waals surface area contributed by atoms with E-state index in [1.165, 1.54) is 5.56 Å². The Bertz CT molecular complexity index is 525. The van der Waals surface area contributed by atoms with E-state index >= 15 is 0 Å². The summed E-state index contributed by atoms with van der Waals surface area (Å²) >= 11 is 3.26. The van der Waals surface area contributed by atoms with Crippen LogP contribution in [0, 0.1) is 0 Å². The van der Waals surface area contributed by atoms with Crippen LogP contribution in [0.4, 0.5) is 0 Å². The Morgan fingerprint density at radius 1 is 0.957 bits per heavy atom. The predicted octanol–water partition coefficient (Wildman–Crippen LogP) is 3.79. The fourth-order valence-electron chi connectivity index (χ4n) is 2.12. The molecule has 1 aromatic rings. The van der Waals surface area contributed by atoms with E-state index < -0.39 is 16.3 Å². The number of alkyl halides is 1. The van der Waals surface area contributed by atoms with E-state index in [9.17, 15) is 9.59 Å². The zero-order valence-corrected chi connectivity index (χ0v) is 16.0. The molecule has 0 aliphatic heterocycles. The van der Waals surface area contributed by atoms with Gasteiger partial charge in [-0.25, -0.2) is 9.59 Å². The number of ether oxygens (including phenoxy) is 2. The van der Waals surface area contributed by atoms with Crippen molar-refractivity contribution in [3.05, 3.63) is 35.4 Å². The van der Waals surface area contributed by atoms with Crippen molar-refractivity contribution in [3.8, 4) is 0 Å². The highest BCUT2D eigenvalue weighted by molar-refractivity contribution is 9.10. The summed E-state index contributed by atoms with van der Waals surface area (Å²) in [6.07, 6.45) is 0.176.